The van der Waals surface area contributed by atoms with Gasteiger partial charge in [0.1, 0.15) is 0 Å². The molecular formula is C19H24LiOP. The average Bonchev–Trinajstić information content (AvgIpc) is 2.34. The van der Waals surface area contributed by atoms with Gasteiger partial charge in [0.25, 0.3) is 0 Å². The summed E-state index contributed by atoms with van der Waals surface area (Å²) in [5, 5.41) is 1.13. The minimum absolute atomic E-state index is 0. The molecule has 22 heavy (non-hydrogen) atoms. The molecule has 0 saturated heterocycles. The van der Waals surface area contributed by atoms with Crippen molar-refractivity contribution in [3.63, 3.8) is 0 Å². The van der Waals surface area contributed by atoms with Crippen LogP contribution in [-0.2, 0) is 0 Å². The van der Waals surface area contributed by atoms with Crippen molar-refractivity contribution in [2.45, 2.75) is 41.5 Å². The monoisotopic (exact) mass is 306 g/mol. The number of carbonyl (C=O) groups excluding carboxylic acids is 1. The van der Waals surface area contributed by atoms with Crippen molar-refractivity contribution in [3.05, 3.63) is 62.7 Å². The summed E-state index contributed by atoms with van der Waals surface area (Å²) in [7, 11) is 2.76. The van der Waals surface area contributed by atoms with E-state index in [2.05, 4.69) is 41.3 Å². The van der Waals surface area contributed by atoms with Gasteiger partial charge in [-0.2, -0.15) is 0 Å². The third kappa shape index (κ3) is 3.38. The predicted octanol–water partition coefficient (Wildman–Crippen LogP) is 3.62. The second-order valence-corrected chi connectivity index (χ2v) is 6.60. The van der Waals surface area contributed by atoms with Crippen LogP contribution in [0.1, 0.15) is 49.3 Å². The number of hydrogen-bond acceptors (Lipinski definition) is 1. The zero-order chi connectivity index (χ0) is 15.9. The Morgan fingerprint density at radius 3 is 1.73 bits per heavy atom. The van der Waals surface area contributed by atoms with Crippen LogP contribution in [0.15, 0.2) is 18.2 Å². The molecule has 1 nitrogen and oxygen atoms in total. The first-order chi connectivity index (χ1) is 9.73. The summed E-state index contributed by atoms with van der Waals surface area (Å²) in [6.07, 6.45) is 0. The molecule has 0 N–H and O–H groups in total. The molecule has 1 unspecified atom stereocenters. The van der Waals surface area contributed by atoms with Gasteiger partial charge in [-0.3, -0.25) is 4.79 Å². The fraction of sp³-hybridized carbons (Fsp3) is 0.316. The number of ketones is 1. The average molecular weight is 306 g/mol. The SMILES string of the molecule is Cc1cc(C)c(C(=O)c2c(C)cc(C)c(P)c2C)c(C)c1.[LiH]. The van der Waals surface area contributed by atoms with Crippen LogP contribution in [0.2, 0.25) is 0 Å². The third-order valence-electron chi connectivity index (χ3n) is 4.16. The fourth-order valence-corrected chi connectivity index (χ4v) is 3.44. The molecule has 2 aromatic carbocycles. The van der Waals surface area contributed by atoms with E-state index in [1.165, 1.54) is 11.1 Å². The van der Waals surface area contributed by atoms with Crippen molar-refractivity contribution in [2.24, 2.45) is 0 Å². The van der Waals surface area contributed by atoms with Gasteiger partial charge in [0.2, 0.25) is 0 Å². The Morgan fingerprint density at radius 1 is 0.773 bits per heavy atom. The van der Waals surface area contributed by atoms with E-state index >= 15 is 0 Å². The number of benzene rings is 2. The van der Waals surface area contributed by atoms with Crippen LogP contribution in [0.25, 0.3) is 0 Å². The van der Waals surface area contributed by atoms with Crippen molar-refractivity contribution in [1.82, 2.24) is 0 Å². The molecule has 0 fully saturated rings. The summed E-state index contributed by atoms with van der Waals surface area (Å²) in [5.41, 5.74) is 8.35. The minimum atomic E-state index is 0. The fourth-order valence-electron chi connectivity index (χ4n) is 3.21. The van der Waals surface area contributed by atoms with Crippen LogP contribution >= 0.6 is 9.24 Å². The van der Waals surface area contributed by atoms with Gasteiger partial charge < -0.3 is 0 Å². The van der Waals surface area contributed by atoms with Crippen molar-refractivity contribution in [1.29, 1.82) is 0 Å². The maximum absolute atomic E-state index is 13.1. The molecule has 0 spiro atoms. The Kier molecular flexibility index (Phi) is 6.23. The molecule has 112 valence electrons. The first-order valence-corrected chi connectivity index (χ1v) is 7.80. The number of aryl methyl sites for hydroxylation is 5. The normalized spacial score (nSPS) is 10.3. The van der Waals surface area contributed by atoms with Crippen molar-refractivity contribution in [3.8, 4) is 0 Å². The Bertz CT molecular complexity index is 725. The Balaban J connectivity index is 0.00000242. The summed E-state index contributed by atoms with van der Waals surface area (Å²) >= 11 is 0. The number of rotatable bonds is 2. The molecule has 2 aromatic rings. The van der Waals surface area contributed by atoms with Crippen molar-refractivity contribution < 1.29 is 4.79 Å². The van der Waals surface area contributed by atoms with Gasteiger partial charge in [-0.05, 0) is 74.7 Å². The van der Waals surface area contributed by atoms with Crippen LogP contribution in [-0.4, -0.2) is 24.6 Å². The molecule has 0 aliphatic heterocycles. The summed E-state index contributed by atoms with van der Waals surface area (Å²) in [6, 6.07) is 6.27. The Hall–Kier alpha value is -0.863. The molecule has 0 saturated carbocycles. The van der Waals surface area contributed by atoms with Gasteiger partial charge in [0.15, 0.2) is 5.78 Å². The maximum atomic E-state index is 13.1. The quantitative estimate of drug-likeness (QED) is 0.470. The van der Waals surface area contributed by atoms with E-state index in [0.29, 0.717) is 0 Å². The molecule has 0 heterocycles. The molecule has 0 aromatic heterocycles. The molecule has 1 atom stereocenters. The van der Waals surface area contributed by atoms with Crippen LogP contribution in [0.5, 0.6) is 0 Å². The molecule has 0 aliphatic rings. The van der Waals surface area contributed by atoms with Crippen LogP contribution < -0.4 is 5.30 Å². The second kappa shape index (κ2) is 7.14. The summed E-state index contributed by atoms with van der Waals surface area (Å²) in [5.74, 6) is 0.142. The van der Waals surface area contributed by atoms with Gasteiger partial charge >= 0.3 is 18.9 Å². The van der Waals surface area contributed by atoms with E-state index in [-0.39, 0.29) is 24.6 Å². The van der Waals surface area contributed by atoms with Gasteiger partial charge in [0.05, 0.1) is 0 Å². The molecule has 0 aliphatic carbocycles. The molecular weight excluding hydrogens is 282 g/mol. The van der Waals surface area contributed by atoms with E-state index in [9.17, 15) is 4.79 Å². The van der Waals surface area contributed by atoms with Gasteiger partial charge in [-0.1, -0.05) is 23.8 Å². The molecule has 2 rings (SSSR count). The third-order valence-corrected chi connectivity index (χ3v) is 5.05. The van der Waals surface area contributed by atoms with Crippen LogP contribution in [0.3, 0.4) is 0 Å². The summed E-state index contributed by atoms with van der Waals surface area (Å²) in [6.45, 7) is 12.3. The zero-order valence-electron chi connectivity index (χ0n) is 13.7. The van der Waals surface area contributed by atoms with E-state index < -0.39 is 0 Å². The Labute approximate surface area is 148 Å². The topological polar surface area (TPSA) is 17.1 Å². The van der Waals surface area contributed by atoms with E-state index in [1.54, 1.807) is 0 Å². The van der Waals surface area contributed by atoms with E-state index in [4.69, 9.17) is 0 Å². The predicted molar refractivity (Wildman–Crippen MR) is 101 cm³/mol. The van der Waals surface area contributed by atoms with Gasteiger partial charge in [-0.25, -0.2) is 0 Å². The van der Waals surface area contributed by atoms with Crippen LogP contribution in [0.4, 0.5) is 0 Å². The van der Waals surface area contributed by atoms with Crippen molar-refractivity contribution >= 4 is 39.2 Å². The molecule has 0 amide bonds. The Morgan fingerprint density at radius 2 is 1.23 bits per heavy atom. The summed E-state index contributed by atoms with van der Waals surface area (Å²) in [4.78, 5) is 13.1. The van der Waals surface area contributed by atoms with Crippen LogP contribution in [0, 0.1) is 41.5 Å². The second-order valence-electron chi connectivity index (χ2n) is 6.03. The van der Waals surface area contributed by atoms with Gasteiger partial charge in [0, 0.05) is 11.1 Å². The van der Waals surface area contributed by atoms with Gasteiger partial charge in [-0.15, -0.1) is 9.24 Å². The molecule has 0 bridgehead atoms. The van der Waals surface area contributed by atoms with E-state index in [1.807, 2.05) is 27.7 Å². The van der Waals surface area contributed by atoms with Crippen molar-refractivity contribution in [2.75, 3.05) is 0 Å². The zero-order valence-corrected chi connectivity index (χ0v) is 14.9. The number of hydrogen-bond donors (Lipinski definition) is 0. The first-order valence-electron chi connectivity index (χ1n) is 7.22. The molecule has 0 radical (unpaired) electrons. The standard InChI is InChI=1S/C19H23OP.Li.H/c1-10-7-11(2)16(12(3)8-10)18(20)17-13(4)9-14(5)19(21)15(17)6;;/h7-9H,21H2,1-6H3;;. The number of carbonyl (C=O) groups is 1. The first kappa shape index (κ1) is 19.2. The summed E-state index contributed by atoms with van der Waals surface area (Å²) < 4.78 is 0. The van der Waals surface area contributed by atoms with E-state index in [0.717, 1.165) is 38.7 Å². The molecule has 3 heteroatoms.